The van der Waals surface area contributed by atoms with E-state index in [2.05, 4.69) is 6.58 Å². The maximum atomic E-state index is 10.8. The molecule has 0 aromatic carbocycles. The number of carbonyl (C=O) groups is 1. The van der Waals surface area contributed by atoms with Crippen LogP contribution >= 0.6 is 0 Å². The molecular formula is C14H24O2. The van der Waals surface area contributed by atoms with Crippen molar-refractivity contribution in [2.45, 2.75) is 64.2 Å². The minimum atomic E-state index is -0.822. The third kappa shape index (κ3) is 5.34. The second-order valence-corrected chi connectivity index (χ2v) is 5.03. The van der Waals surface area contributed by atoms with Gasteiger partial charge in [0.2, 0.25) is 0 Å². The van der Waals surface area contributed by atoms with E-state index in [0.29, 0.717) is 17.9 Å². The van der Waals surface area contributed by atoms with Crippen LogP contribution in [0.5, 0.6) is 0 Å². The highest BCUT2D eigenvalue weighted by molar-refractivity contribution is 5.85. The Balaban J connectivity index is 2.35. The number of rotatable bonds is 3. The van der Waals surface area contributed by atoms with Gasteiger partial charge >= 0.3 is 5.97 Å². The predicted octanol–water partition coefficient (Wildman–Crippen LogP) is 4.16. The topological polar surface area (TPSA) is 37.3 Å². The van der Waals surface area contributed by atoms with E-state index in [1.165, 1.54) is 57.8 Å². The molecule has 0 saturated heterocycles. The van der Waals surface area contributed by atoms with Gasteiger partial charge in [0, 0.05) is 5.57 Å². The molecule has 1 aliphatic rings. The van der Waals surface area contributed by atoms with Crippen LogP contribution in [0.15, 0.2) is 12.2 Å². The van der Waals surface area contributed by atoms with Gasteiger partial charge in [-0.3, -0.25) is 0 Å². The Kier molecular flexibility index (Phi) is 6.20. The van der Waals surface area contributed by atoms with Crippen molar-refractivity contribution in [1.82, 2.24) is 0 Å². The van der Waals surface area contributed by atoms with E-state index in [9.17, 15) is 4.79 Å². The first-order chi connectivity index (χ1) is 7.70. The molecule has 0 aromatic rings. The van der Waals surface area contributed by atoms with E-state index in [1.54, 1.807) is 0 Å². The summed E-state index contributed by atoms with van der Waals surface area (Å²) in [5.41, 5.74) is 0.391. The molecule has 0 radical (unpaired) electrons. The molecule has 1 fully saturated rings. The molecule has 1 N–H and O–H groups in total. The maximum absolute atomic E-state index is 10.8. The molecule has 1 saturated carbocycles. The molecular weight excluding hydrogens is 200 g/mol. The SMILES string of the molecule is C=C(CC1CCCCCCCCC1)C(=O)O. The number of hydrogen-bond donors (Lipinski definition) is 1. The Labute approximate surface area is 98.7 Å². The van der Waals surface area contributed by atoms with Crippen LogP contribution in [0.3, 0.4) is 0 Å². The summed E-state index contributed by atoms with van der Waals surface area (Å²) in [6, 6.07) is 0. The van der Waals surface area contributed by atoms with Crippen LogP contribution in [0.1, 0.15) is 64.2 Å². The van der Waals surface area contributed by atoms with Crippen molar-refractivity contribution in [2.24, 2.45) is 5.92 Å². The Bertz CT molecular complexity index is 223. The molecule has 2 heteroatoms. The molecule has 0 amide bonds. The van der Waals surface area contributed by atoms with Crippen LogP contribution in [-0.4, -0.2) is 11.1 Å². The summed E-state index contributed by atoms with van der Waals surface area (Å²) in [5, 5.41) is 8.84. The third-order valence-electron chi connectivity index (χ3n) is 3.56. The lowest BCUT2D eigenvalue weighted by molar-refractivity contribution is -0.132. The van der Waals surface area contributed by atoms with Gasteiger partial charge in [-0.1, -0.05) is 64.4 Å². The van der Waals surface area contributed by atoms with Gasteiger partial charge < -0.3 is 5.11 Å². The summed E-state index contributed by atoms with van der Waals surface area (Å²) < 4.78 is 0. The molecule has 2 nitrogen and oxygen atoms in total. The molecule has 0 aliphatic heterocycles. The maximum Gasteiger partial charge on any atom is 0.330 e. The average Bonchev–Trinajstić information content (AvgIpc) is 2.27. The molecule has 0 spiro atoms. The van der Waals surface area contributed by atoms with Crippen molar-refractivity contribution >= 4 is 5.97 Å². The fraction of sp³-hybridized carbons (Fsp3) is 0.786. The van der Waals surface area contributed by atoms with E-state index in [4.69, 9.17) is 5.11 Å². The zero-order chi connectivity index (χ0) is 11.8. The monoisotopic (exact) mass is 224 g/mol. The lowest BCUT2D eigenvalue weighted by atomic mass is 9.88. The van der Waals surface area contributed by atoms with E-state index in [-0.39, 0.29) is 0 Å². The van der Waals surface area contributed by atoms with Crippen molar-refractivity contribution in [3.63, 3.8) is 0 Å². The number of carboxylic acid groups (broad SMARTS) is 1. The number of aliphatic carboxylic acids is 1. The lowest BCUT2D eigenvalue weighted by Gasteiger charge is -2.18. The quantitative estimate of drug-likeness (QED) is 0.731. The van der Waals surface area contributed by atoms with Gasteiger partial charge in [0.05, 0.1) is 0 Å². The fourth-order valence-electron chi connectivity index (χ4n) is 2.53. The number of hydrogen-bond acceptors (Lipinski definition) is 1. The summed E-state index contributed by atoms with van der Waals surface area (Å²) in [6.45, 7) is 3.64. The van der Waals surface area contributed by atoms with Crippen LogP contribution in [0, 0.1) is 5.92 Å². The molecule has 92 valence electrons. The predicted molar refractivity (Wildman–Crippen MR) is 66.4 cm³/mol. The molecule has 1 aliphatic carbocycles. The highest BCUT2D eigenvalue weighted by atomic mass is 16.4. The van der Waals surface area contributed by atoms with Crippen LogP contribution in [0.25, 0.3) is 0 Å². The summed E-state index contributed by atoms with van der Waals surface area (Å²) >= 11 is 0. The first kappa shape index (κ1) is 13.3. The van der Waals surface area contributed by atoms with Crippen LogP contribution in [-0.2, 0) is 4.79 Å². The second kappa shape index (κ2) is 7.48. The minimum absolute atomic E-state index is 0.391. The van der Waals surface area contributed by atoms with Gasteiger partial charge in [-0.15, -0.1) is 0 Å². The van der Waals surface area contributed by atoms with E-state index < -0.39 is 5.97 Å². The first-order valence-electron chi connectivity index (χ1n) is 6.61. The largest absolute Gasteiger partial charge is 0.478 e. The van der Waals surface area contributed by atoms with E-state index >= 15 is 0 Å². The Morgan fingerprint density at radius 1 is 1.00 bits per heavy atom. The van der Waals surface area contributed by atoms with E-state index in [1.807, 2.05) is 0 Å². The van der Waals surface area contributed by atoms with Crippen LogP contribution in [0.2, 0.25) is 0 Å². The normalized spacial score (nSPS) is 20.2. The van der Waals surface area contributed by atoms with Gasteiger partial charge in [-0.05, 0) is 12.3 Å². The van der Waals surface area contributed by atoms with Crippen molar-refractivity contribution in [3.05, 3.63) is 12.2 Å². The zero-order valence-corrected chi connectivity index (χ0v) is 10.2. The Morgan fingerprint density at radius 3 is 1.88 bits per heavy atom. The molecule has 1 rings (SSSR count). The molecule has 0 aromatic heterocycles. The number of carboxylic acids is 1. The highest BCUT2D eigenvalue weighted by Crippen LogP contribution is 2.26. The van der Waals surface area contributed by atoms with Crippen LogP contribution in [0.4, 0.5) is 0 Å². The third-order valence-corrected chi connectivity index (χ3v) is 3.56. The minimum Gasteiger partial charge on any atom is -0.478 e. The molecule has 0 unspecified atom stereocenters. The smallest absolute Gasteiger partial charge is 0.330 e. The van der Waals surface area contributed by atoms with Crippen molar-refractivity contribution in [2.75, 3.05) is 0 Å². The van der Waals surface area contributed by atoms with Crippen molar-refractivity contribution < 1.29 is 9.90 Å². The van der Waals surface area contributed by atoms with Gasteiger partial charge in [-0.2, -0.15) is 0 Å². The zero-order valence-electron chi connectivity index (χ0n) is 10.2. The fourth-order valence-corrected chi connectivity index (χ4v) is 2.53. The Morgan fingerprint density at radius 2 is 1.44 bits per heavy atom. The van der Waals surface area contributed by atoms with E-state index in [0.717, 1.165) is 0 Å². The van der Waals surface area contributed by atoms with Crippen molar-refractivity contribution in [1.29, 1.82) is 0 Å². The van der Waals surface area contributed by atoms with Gasteiger partial charge in [0.1, 0.15) is 0 Å². The first-order valence-corrected chi connectivity index (χ1v) is 6.61. The van der Waals surface area contributed by atoms with Gasteiger partial charge in [0.25, 0.3) is 0 Å². The summed E-state index contributed by atoms with van der Waals surface area (Å²) in [5.74, 6) is -0.265. The average molecular weight is 224 g/mol. The molecule has 0 bridgehead atoms. The van der Waals surface area contributed by atoms with Gasteiger partial charge in [-0.25, -0.2) is 4.79 Å². The second-order valence-electron chi connectivity index (χ2n) is 5.03. The standard InChI is InChI=1S/C14H24O2/c1-12(14(15)16)11-13-9-7-5-3-2-4-6-8-10-13/h13H,1-11H2,(H,15,16). The summed E-state index contributed by atoms with van der Waals surface area (Å²) in [6.07, 6.45) is 12.3. The molecule has 0 heterocycles. The molecule has 0 atom stereocenters. The molecule has 16 heavy (non-hydrogen) atoms. The highest BCUT2D eigenvalue weighted by Gasteiger charge is 2.14. The van der Waals surface area contributed by atoms with Crippen LogP contribution < -0.4 is 0 Å². The summed E-state index contributed by atoms with van der Waals surface area (Å²) in [4.78, 5) is 10.8. The Hall–Kier alpha value is -0.790. The van der Waals surface area contributed by atoms with Gasteiger partial charge in [0.15, 0.2) is 0 Å². The van der Waals surface area contributed by atoms with Crippen molar-refractivity contribution in [3.8, 4) is 0 Å². The lowest BCUT2D eigenvalue weighted by Crippen LogP contribution is -2.08. The summed E-state index contributed by atoms with van der Waals surface area (Å²) in [7, 11) is 0.